The molecule has 8 atom stereocenters. The monoisotopic (exact) mass is 452 g/mol. The first kappa shape index (κ1) is 16.1. The molecule has 0 aromatic heterocycles. The van der Waals surface area contributed by atoms with Crippen molar-refractivity contribution < 1.29 is 19.0 Å². The van der Waals surface area contributed by atoms with Crippen LogP contribution in [0, 0.1) is 23.7 Å². The summed E-state index contributed by atoms with van der Waals surface area (Å²) in [5.74, 6) is 1.97. The fourth-order valence-electron chi connectivity index (χ4n) is 5.71. The average Bonchev–Trinajstić information content (AvgIpc) is 3.24. The molecule has 2 saturated carbocycles. The summed E-state index contributed by atoms with van der Waals surface area (Å²) in [5, 5.41) is 0. The predicted octanol–water partition coefficient (Wildman–Crippen LogP) is 3.96. The van der Waals surface area contributed by atoms with Gasteiger partial charge in [-0.1, -0.05) is 46.9 Å². The molecule has 0 radical (unpaired) electrons. The lowest BCUT2D eigenvalue weighted by Crippen LogP contribution is -2.39. The van der Waals surface area contributed by atoms with Crippen LogP contribution in [0.25, 0.3) is 0 Å². The van der Waals surface area contributed by atoms with Crippen molar-refractivity contribution in [1.29, 1.82) is 0 Å². The first-order valence-electron chi connectivity index (χ1n) is 9.07. The minimum atomic E-state index is -0.353. The Morgan fingerprint density at radius 1 is 1.28 bits per heavy atom. The summed E-state index contributed by atoms with van der Waals surface area (Å²) < 4.78 is 18.2. The van der Waals surface area contributed by atoms with Crippen molar-refractivity contribution in [2.75, 3.05) is 6.61 Å². The molecule has 4 aliphatic rings. The van der Waals surface area contributed by atoms with Gasteiger partial charge in [-0.3, -0.25) is 0 Å². The van der Waals surface area contributed by atoms with E-state index in [-0.39, 0.29) is 18.2 Å². The van der Waals surface area contributed by atoms with Gasteiger partial charge in [0.25, 0.3) is 0 Å². The highest BCUT2D eigenvalue weighted by Crippen LogP contribution is 2.70. The molecule has 25 heavy (non-hydrogen) atoms. The first-order valence-corrected chi connectivity index (χ1v) is 10.3. The second-order valence-electron chi connectivity index (χ2n) is 7.42. The Kier molecular flexibility index (Phi) is 3.85. The fraction of sp³-hybridized carbons (Fsp3) is 0.550. The number of rotatable bonds is 4. The highest BCUT2D eigenvalue weighted by atomic mass is 127. The molecular weight excluding hydrogens is 431 g/mol. The maximum absolute atomic E-state index is 11.6. The lowest BCUT2D eigenvalue weighted by molar-refractivity contribution is -0.137. The van der Waals surface area contributed by atoms with E-state index in [0.717, 1.165) is 0 Å². The molecular formula is C20H21IO4. The molecule has 4 nitrogen and oxygen atoms in total. The van der Waals surface area contributed by atoms with Crippen LogP contribution >= 0.6 is 22.6 Å². The third-order valence-corrected chi connectivity index (χ3v) is 8.08. The fourth-order valence-corrected chi connectivity index (χ4v) is 7.19. The number of carbonyl (C=O) groups excluding carboxylic acids is 1. The number of carbonyl (C=O) groups is 1. The number of hydrogen-bond acceptors (Lipinski definition) is 4. The van der Waals surface area contributed by atoms with Crippen molar-refractivity contribution in [2.45, 2.75) is 35.6 Å². The molecule has 1 aromatic rings. The van der Waals surface area contributed by atoms with Gasteiger partial charge < -0.3 is 14.2 Å². The lowest BCUT2D eigenvalue weighted by atomic mass is 9.67. The zero-order valence-corrected chi connectivity index (χ0v) is 16.2. The Morgan fingerprint density at radius 3 is 2.88 bits per heavy atom. The molecule has 1 heterocycles. The molecule has 3 aliphatic carbocycles. The smallest absolute Gasteiger partial charge is 0.333 e. The van der Waals surface area contributed by atoms with Crippen LogP contribution < -0.4 is 0 Å². The van der Waals surface area contributed by atoms with E-state index >= 15 is 0 Å². The van der Waals surface area contributed by atoms with Crippen LogP contribution in [0.1, 0.15) is 36.7 Å². The molecule has 0 unspecified atom stereocenters. The number of esters is 1. The summed E-state index contributed by atoms with van der Waals surface area (Å²) in [7, 11) is 0. The van der Waals surface area contributed by atoms with Gasteiger partial charge in [-0.15, -0.1) is 0 Å². The SMILES string of the molecule is CCOC(=O)/C=C/O[C@H]1c2ccccc2[C@@H]2O[C@@H]3[C@@H](I)[C@H]4C[C@@H]3[C@@H]2[C@H]41. The number of hydrogen-bond donors (Lipinski definition) is 0. The van der Waals surface area contributed by atoms with Crippen molar-refractivity contribution in [3.05, 3.63) is 47.7 Å². The lowest BCUT2D eigenvalue weighted by Gasteiger charge is -2.41. The third-order valence-electron chi connectivity index (χ3n) is 6.45. The molecule has 0 amide bonds. The maximum atomic E-state index is 11.6. The molecule has 2 bridgehead atoms. The van der Waals surface area contributed by atoms with Crippen LogP contribution in [0.2, 0.25) is 0 Å². The second kappa shape index (κ2) is 5.98. The van der Waals surface area contributed by atoms with E-state index in [2.05, 4.69) is 46.9 Å². The van der Waals surface area contributed by atoms with Gasteiger partial charge in [-0.25, -0.2) is 4.79 Å². The molecule has 132 valence electrons. The standard InChI is InChI=1S/C20H21IO4/c1-2-23-14(22)7-8-24-18-10-5-3-4-6-11(10)19-16-13-9-12(15(16)18)17(21)20(13)25-19/h3-8,12-13,15-20H,2,9H2,1H3/b8-7+/t12-,13+,15-,16+,17-,18-,19-,20-/m0/s1. The van der Waals surface area contributed by atoms with E-state index in [9.17, 15) is 4.79 Å². The zero-order chi connectivity index (χ0) is 17.1. The van der Waals surface area contributed by atoms with Gasteiger partial charge in [0.1, 0.15) is 6.10 Å². The number of benzene rings is 1. The number of alkyl halides is 1. The molecule has 1 saturated heterocycles. The Balaban J connectivity index is 1.49. The van der Waals surface area contributed by atoms with Gasteiger partial charge >= 0.3 is 5.97 Å². The van der Waals surface area contributed by atoms with Crippen molar-refractivity contribution in [2.24, 2.45) is 23.7 Å². The Bertz CT molecular complexity index is 732. The van der Waals surface area contributed by atoms with Crippen molar-refractivity contribution in [3.8, 4) is 0 Å². The number of ether oxygens (including phenoxy) is 3. The predicted molar refractivity (Wildman–Crippen MR) is 100 cm³/mol. The summed E-state index contributed by atoms with van der Waals surface area (Å²) in [6.07, 6.45) is 4.79. The highest BCUT2D eigenvalue weighted by Gasteiger charge is 2.68. The molecule has 0 spiro atoms. The zero-order valence-electron chi connectivity index (χ0n) is 14.0. The summed E-state index contributed by atoms with van der Waals surface area (Å²) in [6, 6.07) is 8.49. The van der Waals surface area contributed by atoms with E-state index in [4.69, 9.17) is 14.2 Å². The molecule has 5 heteroatoms. The van der Waals surface area contributed by atoms with Crippen molar-refractivity contribution in [3.63, 3.8) is 0 Å². The van der Waals surface area contributed by atoms with Crippen LogP contribution in [0.3, 0.4) is 0 Å². The Hall–Kier alpha value is -1.08. The van der Waals surface area contributed by atoms with Crippen LogP contribution in [-0.4, -0.2) is 22.6 Å². The molecule has 3 fully saturated rings. The summed E-state index contributed by atoms with van der Waals surface area (Å²) in [6.45, 7) is 2.18. The molecule has 1 aliphatic heterocycles. The van der Waals surface area contributed by atoms with Gasteiger partial charge in [0, 0.05) is 15.8 Å². The highest BCUT2D eigenvalue weighted by molar-refractivity contribution is 14.1. The van der Waals surface area contributed by atoms with Crippen molar-refractivity contribution in [1.82, 2.24) is 0 Å². The summed E-state index contributed by atoms with van der Waals surface area (Å²) in [4.78, 5) is 11.6. The van der Waals surface area contributed by atoms with E-state index in [1.54, 1.807) is 6.92 Å². The largest absolute Gasteiger partial charge is 0.493 e. The summed E-state index contributed by atoms with van der Waals surface area (Å²) >= 11 is 2.59. The van der Waals surface area contributed by atoms with Gasteiger partial charge in [-0.05, 0) is 36.3 Å². The molecule has 5 rings (SSSR count). The Morgan fingerprint density at radius 2 is 2.08 bits per heavy atom. The van der Waals surface area contributed by atoms with Crippen molar-refractivity contribution >= 4 is 28.6 Å². The van der Waals surface area contributed by atoms with Crippen LogP contribution in [0.15, 0.2) is 36.6 Å². The number of fused-ring (bicyclic) bond motifs is 4. The van der Waals surface area contributed by atoms with Crippen LogP contribution in [0.5, 0.6) is 0 Å². The van der Waals surface area contributed by atoms with Gasteiger partial charge in [0.15, 0.2) is 0 Å². The van der Waals surface area contributed by atoms with E-state index in [1.165, 1.54) is 29.9 Å². The summed E-state index contributed by atoms with van der Waals surface area (Å²) in [5.41, 5.74) is 2.50. The molecule has 1 aromatic carbocycles. The average molecular weight is 452 g/mol. The van der Waals surface area contributed by atoms with Crippen LogP contribution in [-0.2, 0) is 19.0 Å². The van der Waals surface area contributed by atoms with Gasteiger partial charge in [0.2, 0.25) is 0 Å². The minimum Gasteiger partial charge on any atom is -0.493 e. The van der Waals surface area contributed by atoms with Crippen LogP contribution in [0.4, 0.5) is 0 Å². The van der Waals surface area contributed by atoms with E-state index < -0.39 is 0 Å². The first-order chi connectivity index (χ1) is 12.2. The van der Waals surface area contributed by atoms with E-state index in [1.807, 2.05) is 0 Å². The second-order valence-corrected chi connectivity index (χ2v) is 8.86. The Labute approximate surface area is 161 Å². The normalized spacial score (nSPS) is 42.6. The number of halogens is 1. The minimum absolute atomic E-state index is 0.00181. The van der Waals surface area contributed by atoms with E-state index in [0.29, 0.717) is 40.3 Å². The maximum Gasteiger partial charge on any atom is 0.333 e. The quantitative estimate of drug-likeness (QED) is 0.228. The molecule has 0 N–H and O–H groups in total. The third kappa shape index (κ3) is 2.24. The van der Waals surface area contributed by atoms with Gasteiger partial charge in [0.05, 0.1) is 31.2 Å². The van der Waals surface area contributed by atoms with Gasteiger partial charge in [-0.2, -0.15) is 0 Å². The topological polar surface area (TPSA) is 44.8 Å².